The van der Waals surface area contributed by atoms with Gasteiger partial charge in [0, 0.05) is 6.20 Å². The summed E-state index contributed by atoms with van der Waals surface area (Å²) < 4.78 is 49.8. The Morgan fingerprint density at radius 3 is 2.71 bits per heavy atom. The highest BCUT2D eigenvalue weighted by molar-refractivity contribution is 5.93. The summed E-state index contributed by atoms with van der Waals surface area (Å²) in [4.78, 5) is 15.6. The first-order valence-corrected chi connectivity index (χ1v) is 7.14. The number of alkyl halides is 3. The minimum atomic E-state index is -4.65. The van der Waals surface area contributed by atoms with Gasteiger partial charge >= 0.3 is 6.18 Å². The molecule has 1 amide bonds. The minimum absolute atomic E-state index is 0.00103. The monoisotopic (exact) mass is 338 g/mol. The number of carbonyl (C=O) groups is 1. The first-order chi connectivity index (χ1) is 11.4. The lowest BCUT2D eigenvalue weighted by atomic mass is 10.1. The number of amides is 1. The molecule has 0 spiro atoms. The average molecular weight is 338 g/mol. The molecule has 1 aromatic heterocycles. The van der Waals surface area contributed by atoms with Gasteiger partial charge in [0.1, 0.15) is 18.4 Å². The van der Waals surface area contributed by atoms with E-state index in [1.807, 2.05) is 0 Å². The zero-order valence-corrected chi connectivity index (χ0v) is 12.3. The number of para-hydroxylation sites is 2. The number of rotatable bonds is 3. The second kappa shape index (κ2) is 6.38. The maximum absolute atomic E-state index is 12.9. The molecular formula is C16H13F3N2O3. The van der Waals surface area contributed by atoms with Gasteiger partial charge in [-0.2, -0.15) is 13.2 Å². The maximum Gasteiger partial charge on any atom is 0.418 e. The molecule has 8 heteroatoms. The van der Waals surface area contributed by atoms with Gasteiger partial charge in [-0.3, -0.25) is 9.78 Å². The van der Waals surface area contributed by atoms with E-state index in [1.54, 1.807) is 24.3 Å². The van der Waals surface area contributed by atoms with Crippen LogP contribution in [0.2, 0.25) is 0 Å². The first-order valence-electron chi connectivity index (χ1n) is 7.14. The van der Waals surface area contributed by atoms with Crippen molar-refractivity contribution in [2.75, 3.05) is 13.2 Å². The highest BCUT2D eigenvalue weighted by atomic mass is 19.4. The smallest absolute Gasteiger partial charge is 0.418 e. The zero-order valence-electron chi connectivity index (χ0n) is 12.3. The molecule has 2 heterocycles. The minimum Gasteiger partial charge on any atom is -0.486 e. The third kappa shape index (κ3) is 3.42. The van der Waals surface area contributed by atoms with Crippen LogP contribution in [0.25, 0.3) is 0 Å². The van der Waals surface area contributed by atoms with Gasteiger partial charge < -0.3 is 14.8 Å². The van der Waals surface area contributed by atoms with Crippen LogP contribution in [0.1, 0.15) is 16.1 Å². The number of hydrogen-bond donors (Lipinski definition) is 1. The lowest BCUT2D eigenvalue weighted by molar-refractivity contribution is -0.138. The van der Waals surface area contributed by atoms with Crippen LogP contribution in [0, 0.1) is 0 Å². The van der Waals surface area contributed by atoms with E-state index < -0.39 is 29.4 Å². The maximum atomic E-state index is 12.9. The molecule has 1 aliphatic rings. The van der Waals surface area contributed by atoms with Crippen molar-refractivity contribution in [1.82, 2.24) is 10.3 Å². The van der Waals surface area contributed by atoms with Gasteiger partial charge in [0.15, 0.2) is 11.5 Å². The van der Waals surface area contributed by atoms with E-state index in [0.717, 1.165) is 18.3 Å². The Balaban J connectivity index is 1.65. The lowest BCUT2D eigenvalue weighted by Crippen LogP contribution is -2.41. The summed E-state index contributed by atoms with van der Waals surface area (Å²) in [5, 5.41) is 2.41. The van der Waals surface area contributed by atoms with Crippen LogP contribution in [-0.4, -0.2) is 30.1 Å². The molecule has 2 aromatic rings. The third-order valence-corrected chi connectivity index (χ3v) is 3.39. The number of benzene rings is 1. The lowest BCUT2D eigenvalue weighted by Gasteiger charge is -2.26. The number of aromatic nitrogens is 1. The van der Waals surface area contributed by atoms with Gasteiger partial charge in [-0.15, -0.1) is 0 Å². The molecule has 1 atom stereocenters. The predicted molar refractivity (Wildman–Crippen MR) is 77.9 cm³/mol. The molecular weight excluding hydrogens is 325 g/mol. The molecule has 0 radical (unpaired) electrons. The fraction of sp³-hybridized carbons (Fsp3) is 0.250. The van der Waals surface area contributed by atoms with Crippen molar-refractivity contribution in [2.45, 2.75) is 12.3 Å². The van der Waals surface area contributed by atoms with E-state index in [9.17, 15) is 18.0 Å². The molecule has 3 rings (SSSR count). The molecule has 0 fully saturated rings. The predicted octanol–water partition coefficient (Wildman–Crippen LogP) is 2.67. The SMILES string of the molecule is O=C(NC[C@@H]1COc2ccccc2O1)c1ncccc1C(F)(F)F. The van der Waals surface area contributed by atoms with Gasteiger partial charge in [-0.1, -0.05) is 12.1 Å². The summed E-state index contributed by atoms with van der Waals surface area (Å²) in [5.74, 6) is 0.200. The third-order valence-electron chi connectivity index (χ3n) is 3.39. The Bertz CT molecular complexity index is 749. The van der Waals surface area contributed by atoms with E-state index in [-0.39, 0.29) is 13.2 Å². The summed E-state index contributed by atoms with van der Waals surface area (Å²) >= 11 is 0. The van der Waals surface area contributed by atoms with E-state index in [0.29, 0.717) is 11.5 Å². The summed E-state index contributed by atoms with van der Waals surface area (Å²) in [6, 6.07) is 8.97. The van der Waals surface area contributed by atoms with E-state index >= 15 is 0 Å². The summed E-state index contributed by atoms with van der Waals surface area (Å²) in [7, 11) is 0. The van der Waals surface area contributed by atoms with Gasteiger partial charge in [0.05, 0.1) is 12.1 Å². The van der Waals surface area contributed by atoms with E-state index in [1.165, 1.54) is 0 Å². The number of nitrogens with zero attached hydrogens (tertiary/aromatic N) is 1. The Labute approximate surface area is 135 Å². The fourth-order valence-electron chi connectivity index (χ4n) is 2.27. The van der Waals surface area contributed by atoms with Crippen molar-refractivity contribution in [1.29, 1.82) is 0 Å². The van der Waals surface area contributed by atoms with Crippen LogP contribution >= 0.6 is 0 Å². The van der Waals surface area contributed by atoms with Crippen molar-refractivity contribution in [3.8, 4) is 11.5 Å². The molecule has 126 valence electrons. The van der Waals surface area contributed by atoms with Crippen LogP contribution in [0.15, 0.2) is 42.6 Å². The Kier molecular flexibility index (Phi) is 4.28. The molecule has 1 aliphatic heterocycles. The van der Waals surface area contributed by atoms with Crippen molar-refractivity contribution in [2.24, 2.45) is 0 Å². The summed E-state index contributed by atoms with van der Waals surface area (Å²) in [6.45, 7) is 0.187. The van der Waals surface area contributed by atoms with Crippen LogP contribution in [0.3, 0.4) is 0 Å². The molecule has 5 nitrogen and oxygen atoms in total. The molecule has 0 saturated heterocycles. The van der Waals surface area contributed by atoms with Crippen molar-refractivity contribution in [3.63, 3.8) is 0 Å². The highest BCUT2D eigenvalue weighted by Crippen LogP contribution is 2.32. The number of ether oxygens (including phenoxy) is 2. The molecule has 1 N–H and O–H groups in total. The van der Waals surface area contributed by atoms with Crippen molar-refractivity contribution in [3.05, 3.63) is 53.9 Å². The standard InChI is InChI=1S/C16H13F3N2O3/c17-16(18,19)11-4-3-7-20-14(11)15(22)21-8-10-9-23-12-5-1-2-6-13(12)24-10/h1-7,10H,8-9H2,(H,21,22)/t10-/m1/s1. The summed E-state index contributed by atoms with van der Waals surface area (Å²) in [5.41, 5.74) is -1.74. The Morgan fingerprint density at radius 2 is 1.96 bits per heavy atom. The molecule has 24 heavy (non-hydrogen) atoms. The number of nitrogens with one attached hydrogen (secondary N) is 1. The normalized spacial score (nSPS) is 16.5. The number of halogens is 3. The topological polar surface area (TPSA) is 60.5 Å². The molecule has 0 saturated carbocycles. The van der Waals surface area contributed by atoms with E-state index in [4.69, 9.17) is 9.47 Å². The van der Waals surface area contributed by atoms with Gasteiger partial charge in [0.25, 0.3) is 5.91 Å². The number of pyridine rings is 1. The van der Waals surface area contributed by atoms with Gasteiger partial charge in [-0.05, 0) is 24.3 Å². The van der Waals surface area contributed by atoms with E-state index in [2.05, 4.69) is 10.3 Å². The number of fused-ring (bicyclic) bond motifs is 1. The van der Waals surface area contributed by atoms with Crippen LogP contribution in [0.4, 0.5) is 13.2 Å². The van der Waals surface area contributed by atoms with Gasteiger partial charge in [0.2, 0.25) is 0 Å². The zero-order chi connectivity index (χ0) is 17.2. The molecule has 1 aromatic carbocycles. The van der Waals surface area contributed by atoms with Gasteiger partial charge in [-0.25, -0.2) is 0 Å². The number of hydrogen-bond acceptors (Lipinski definition) is 4. The van der Waals surface area contributed by atoms with Crippen molar-refractivity contribution < 1.29 is 27.4 Å². The van der Waals surface area contributed by atoms with Crippen LogP contribution in [-0.2, 0) is 6.18 Å². The largest absolute Gasteiger partial charge is 0.486 e. The molecule has 0 bridgehead atoms. The quantitative estimate of drug-likeness (QED) is 0.935. The average Bonchev–Trinajstić information content (AvgIpc) is 2.58. The van der Waals surface area contributed by atoms with Crippen LogP contribution < -0.4 is 14.8 Å². The van der Waals surface area contributed by atoms with Crippen molar-refractivity contribution >= 4 is 5.91 Å². The molecule has 0 unspecified atom stereocenters. The van der Waals surface area contributed by atoms with Crippen LogP contribution in [0.5, 0.6) is 11.5 Å². The second-order valence-electron chi connectivity index (χ2n) is 5.10. The summed E-state index contributed by atoms with van der Waals surface area (Å²) in [6.07, 6.45) is -4.01. The Morgan fingerprint density at radius 1 is 1.21 bits per heavy atom. The Hall–Kier alpha value is -2.77. The molecule has 0 aliphatic carbocycles. The highest BCUT2D eigenvalue weighted by Gasteiger charge is 2.36. The second-order valence-corrected chi connectivity index (χ2v) is 5.10. The first kappa shape index (κ1) is 16.1. The fourth-order valence-corrected chi connectivity index (χ4v) is 2.27. The number of carbonyl (C=O) groups excluding carboxylic acids is 1.